The summed E-state index contributed by atoms with van der Waals surface area (Å²) in [6.07, 6.45) is 0.866. The van der Waals surface area contributed by atoms with Crippen molar-refractivity contribution in [3.05, 3.63) is 166 Å². The number of benzene rings is 8. The summed E-state index contributed by atoms with van der Waals surface area (Å²) in [7, 11) is -9.24. The summed E-state index contributed by atoms with van der Waals surface area (Å²) in [6, 6.07) is 35.7. The van der Waals surface area contributed by atoms with Crippen LogP contribution in [0.2, 0.25) is 10.0 Å². The fourth-order valence-electron chi connectivity index (χ4n) is 7.59. The molecule has 0 fully saturated rings. The van der Waals surface area contributed by atoms with Gasteiger partial charge in [0.1, 0.15) is 38.4 Å². The van der Waals surface area contributed by atoms with Crippen molar-refractivity contribution in [3.8, 4) is 23.0 Å². The molecule has 0 unspecified atom stereocenters. The molecule has 77 heavy (non-hydrogen) atoms. The van der Waals surface area contributed by atoms with E-state index in [4.69, 9.17) is 32.7 Å². The van der Waals surface area contributed by atoms with Gasteiger partial charge in [0.05, 0.1) is 40.2 Å². The van der Waals surface area contributed by atoms with Gasteiger partial charge >= 0.3 is 37.7 Å². The fourth-order valence-corrected chi connectivity index (χ4v) is 9.73. The van der Waals surface area contributed by atoms with E-state index in [-0.39, 0.29) is 81.7 Å². The van der Waals surface area contributed by atoms with Crippen molar-refractivity contribution in [2.24, 2.45) is 25.4 Å². The van der Waals surface area contributed by atoms with Crippen LogP contribution in [0.1, 0.15) is 54.7 Å². The van der Waals surface area contributed by atoms with E-state index in [1.807, 2.05) is 13.8 Å². The Morgan fingerprint density at radius 1 is 0.610 bits per heavy atom. The number of phenols is 1. The average Bonchev–Trinajstić information content (AvgIpc) is 3.38. The van der Waals surface area contributed by atoms with Crippen LogP contribution in [-0.4, -0.2) is 93.8 Å². The molecule has 0 saturated carbocycles. The molecule has 8 aromatic rings. The first-order valence-electron chi connectivity index (χ1n) is 23.2. The minimum absolute atomic E-state index is 0. The Labute approximate surface area is 483 Å². The Morgan fingerprint density at radius 2 is 1.09 bits per heavy atom. The molecule has 8 rings (SSSR count). The summed E-state index contributed by atoms with van der Waals surface area (Å²) in [5.74, 6) is -1.38. The first-order chi connectivity index (χ1) is 36.2. The average molecular weight is 1150 g/mol. The van der Waals surface area contributed by atoms with Gasteiger partial charge in [-0.2, -0.15) is 21.9 Å². The third-order valence-corrected chi connectivity index (χ3v) is 14.0. The third kappa shape index (κ3) is 14.5. The Hall–Kier alpha value is -6.72. The smallest absolute Gasteiger partial charge is 0.871 e. The number of carbonyl (C=O) groups excluding carboxylic acids is 1. The Balaban J connectivity index is 0.000000246. The van der Waals surface area contributed by atoms with E-state index < -0.39 is 53.3 Å². The van der Waals surface area contributed by atoms with Gasteiger partial charge < -0.3 is 30.1 Å². The van der Waals surface area contributed by atoms with Crippen molar-refractivity contribution in [1.29, 1.82) is 0 Å². The van der Waals surface area contributed by atoms with Gasteiger partial charge in [0.2, 0.25) is 0 Å². The van der Waals surface area contributed by atoms with Gasteiger partial charge in [-0.3, -0.25) is 18.9 Å². The van der Waals surface area contributed by atoms with Crippen molar-refractivity contribution in [1.82, 2.24) is 0 Å². The van der Waals surface area contributed by atoms with Gasteiger partial charge in [0, 0.05) is 28.6 Å². The number of fused-ring (bicyclic) bond motifs is 2. The summed E-state index contributed by atoms with van der Waals surface area (Å²) >= 11 is 12.4. The van der Waals surface area contributed by atoms with E-state index in [2.05, 4.69) is 30.8 Å². The maximum atomic E-state index is 13.4. The molecule has 0 radical (unpaired) electrons. The standard InChI is InChI=1S/2C27H24ClN3O6S.Ca/c2*1-3-16-12-22(24(28)23(13-16)38(34,35)36)30-31-25-20-11-6-5-8-17(20)14-21(26(25)32)27(33)29-18-9-7-10-19(15-18)37-4-2;/h2*5-15,32H,3-4H2,1-2H3,(H,29,33)(H,34,35,36);/q;;+2/p-2. The van der Waals surface area contributed by atoms with E-state index in [1.54, 1.807) is 111 Å². The summed E-state index contributed by atoms with van der Waals surface area (Å²) in [4.78, 5) is 16.2. The van der Waals surface area contributed by atoms with E-state index >= 15 is 0 Å². The van der Waals surface area contributed by atoms with Crippen molar-refractivity contribution < 1.29 is 55.5 Å². The van der Waals surface area contributed by atoms with Crippen LogP contribution < -0.4 is 25.0 Å². The van der Waals surface area contributed by atoms with Crippen LogP contribution in [0, 0.1) is 0 Å². The second-order valence-corrected chi connectivity index (χ2v) is 19.9. The number of nitrogens with zero attached hydrogens (tertiary/aromatic N) is 5. The number of aryl methyl sites for hydroxylation is 2. The molecule has 18 nitrogen and oxygen atoms in total. The number of aromatic hydroxyl groups is 1. The van der Waals surface area contributed by atoms with E-state index in [0.29, 0.717) is 81.6 Å². The van der Waals surface area contributed by atoms with E-state index in [1.165, 1.54) is 36.4 Å². The third-order valence-electron chi connectivity index (χ3n) is 11.3. The second kappa shape index (κ2) is 26.1. The molecular weight excluding hydrogens is 1100 g/mol. The van der Waals surface area contributed by atoms with Gasteiger partial charge in [-0.05, 0) is 121 Å². The molecule has 8 aromatic carbocycles. The molecular formula is C54H46CaCl2N6O12S2. The molecule has 23 heteroatoms. The van der Waals surface area contributed by atoms with Crippen molar-refractivity contribution in [2.75, 3.05) is 18.5 Å². The minimum Gasteiger partial charge on any atom is -0.871 e. The molecule has 0 atom stereocenters. The zero-order chi connectivity index (χ0) is 54.9. The van der Waals surface area contributed by atoms with Gasteiger partial charge in [-0.25, -0.2) is 0 Å². The number of hydrogen-bond donors (Lipinski definition) is 4. The number of rotatable bonds is 16. The Bertz CT molecular complexity index is 3860. The number of halogens is 2. The normalized spacial score (nSPS) is 11.9. The number of azo groups is 2. The largest absolute Gasteiger partial charge is 2.00 e. The second-order valence-electron chi connectivity index (χ2n) is 16.3. The molecule has 0 aliphatic heterocycles. The molecule has 0 saturated heterocycles. The first kappa shape index (κ1) is 59.5. The van der Waals surface area contributed by atoms with Crippen molar-refractivity contribution in [3.63, 3.8) is 0 Å². The molecule has 0 heterocycles. The number of carbonyl (C=O) groups is 1. The summed E-state index contributed by atoms with van der Waals surface area (Å²) in [5.41, 5.74) is 1.36. The van der Waals surface area contributed by atoms with Gasteiger partial charge in [0.15, 0.2) is 5.75 Å². The predicted molar refractivity (Wildman–Crippen MR) is 294 cm³/mol. The molecule has 0 aromatic heterocycles. The summed E-state index contributed by atoms with van der Waals surface area (Å²) < 4.78 is 77.3. The molecule has 1 amide bonds. The van der Waals surface area contributed by atoms with E-state index in [9.17, 15) is 46.1 Å². The van der Waals surface area contributed by atoms with Gasteiger partial charge in [-0.15, -0.1) is 15.3 Å². The number of aliphatic imine (C=N–C) groups is 1. The monoisotopic (exact) mass is 1140 g/mol. The summed E-state index contributed by atoms with van der Waals surface area (Å²) in [5, 5.41) is 58.1. The zero-order valence-electron chi connectivity index (χ0n) is 41.6. The first-order valence-corrected chi connectivity index (χ1v) is 26.8. The number of phenolic OH excluding ortho intramolecular Hbond substituents is 1. The molecule has 0 aliphatic carbocycles. The van der Waals surface area contributed by atoms with E-state index in [0.717, 1.165) is 0 Å². The number of nitrogens with one attached hydrogen (secondary N) is 1. The predicted octanol–water partition coefficient (Wildman–Crippen LogP) is 12.3. The van der Waals surface area contributed by atoms with Gasteiger partial charge in [-0.1, -0.05) is 103 Å². The molecule has 0 bridgehead atoms. The fraction of sp³-hybridized carbons (Fsp3) is 0.148. The Kier molecular flexibility index (Phi) is 20.2. The minimum atomic E-state index is -4.63. The number of anilines is 1. The number of hydrogen-bond acceptors (Lipinski definition) is 15. The van der Waals surface area contributed by atoms with Crippen LogP contribution in [0.25, 0.3) is 21.5 Å². The number of amides is 1. The molecule has 392 valence electrons. The van der Waals surface area contributed by atoms with Crippen LogP contribution in [0.15, 0.2) is 169 Å². The van der Waals surface area contributed by atoms with Crippen molar-refractivity contribution >= 4 is 149 Å². The van der Waals surface area contributed by atoms with Gasteiger partial charge in [0.25, 0.3) is 26.1 Å². The van der Waals surface area contributed by atoms with Crippen LogP contribution in [0.5, 0.6) is 23.0 Å². The Morgan fingerprint density at radius 3 is 1.61 bits per heavy atom. The molecule has 0 spiro atoms. The zero-order valence-corrected chi connectivity index (χ0v) is 46.9. The van der Waals surface area contributed by atoms with Crippen LogP contribution in [-0.2, 0) is 33.1 Å². The maximum Gasteiger partial charge on any atom is 2.00 e. The van der Waals surface area contributed by atoms with Crippen LogP contribution >= 0.6 is 23.2 Å². The topological polar surface area (TPSA) is 284 Å². The van der Waals surface area contributed by atoms with Crippen LogP contribution in [0.3, 0.4) is 0 Å². The summed E-state index contributed by atoms with van der Waals surface area (Å²) in [6.45, 7) is 8.17. The SMILES string of the molecule is CCOc1cccc(N=C([O-])c2cc3ccccc3c(N=Nc3cc(CC)cc(S(=O)(=O)O)c3Cl)c2[O-])c1.CCOc1cccc(NC(=O)c2cc3ccccc3c(N=Nc3cc(CC)cc(S(=O)(=O)O)c3Cl)c2O)c1.[Ca+2]. The molecule has 0 aliphatic rings. The van der Waals surface area contributed by atoms with Crippen LogP contribution in [0.4, 0.5) is 34.1 Å². The maximum absolute atomic E-state index is 13.4. The quantitative estimate of drug-likeness (QED) is 0.0231. The number of ether oxygens (including phenoxy) is 2. The molecule has 4 N–H and O–H groups in total. The van der Waals surface area contributed by atoms with Crippen molar-refractivity contribution in [2.45, 2.75) is 50.3 Å².